The van der Waals surface area contributed by atoms with E-state index in [4.69, 9.17) is 23.2 Å². The number of benzene rings is 1. The molecule has 10 heteroatoms. The molecule has 1 atom stereocenters. The number of aryl methyl sites for hydroxylation is 2. The lowest BCUT2D eigenvalue weighted by Crippen LogP contribution is -2.43. The van der Waals surface area contributed by atoms with Crippen molar-refractivity contribution in [2.24, 2.45) is 0 Å². The first-order valence-corrected chi connectivity index (χ1v) is 10.8. The summed E-state index contributed by atoms with van der Waals surface area (Å²) in [5.74, 6) is 0.254. The van der Waals surface area contributed by atoms with E-state index in [0.29, 0.717) is 40.9 Å². The van der Waals surface area contributed by atoms with Crippen LogP contribution in [0.1, 0.15) is 36.2 Å². The molecule has 2 amide bonds. The van der Waals surface area contributed by atoms with Crippen molar-refractivity contribution in [1.82, 2.24) is 24.5 Å². The van der Waals surface area contributed by atoms with Crippen molar-refractivity contribution in [3.05, 3.63) is 51.5 Å². The zero-order valence-corrected chi connectivity index (χ0v) is 18.7. The maximum atomic E-state index is 13.0. The molecule has 0 bridgehead atoms. The number of anilines is 1. The molecule has 162 valence electrons. The third-order valence-electron chi connectivity index (χ3n) is 5.58. The molecule has 0 spiro atoms. The van der Waals surface area contributed by atoms with Gasteiger partial charge in [0.15, 0.2) is 0 Å². The van der Waals surface area contributed by atoms with Crippen LogP contribution in [0.5, 0.6) is 0 Å². The second-order valence-corrected chi connectivity index (χ2v) is 8.50. The number of carbonyl (C=O) groups excluding carboxylic acids is 2. The fourth-order valence-electron chi connectivity index (χ4n) is 4.08. The minimum absolute atomic E-state index is 0.0562. The number of rotatable bonds is 5. The number of fused-ring (bicyclic) bond motifs is 1. The Bertz CT molecular complexity index is 1140. The second kappa shape index (κ2) is 8.80. The lowest BCUT2D eigenvalue weighted by molar-refractivity contribution is -0.136. The Kier molecular flexibility index (Phi) is 6.11. The summed E-state index contributed by atoms with van der Waals surface area (Å²) in [5.41, 5.74) is 3.24. The molecule has 0 unspecified atom stereocenters. The first-order chi connectivity index (χ1) is 14.8. The highest BCUT2D eigenvalue weighted by Gasteiger charge is 2.34. The van der Waals surface area contributed by atoms with Crippen molar-refractivity contribution in [3.63, 3.8) is 0 Å². The number of amides is 2. The predicted octanol–water partition coefficient (Wildman–Crippen LogP) is 3.61. The van der Waals surface area contributed by atoms with Gasteiger partial charge < -0.3 is 10.2 Å². The summed E-state index contributed by atoms with van der Waals surface area (Å²) in [6.45, 7) is 4.41. The number of hydrogen-bond donors (Lipinski definition) is 1. The maximum absolute atomic E-state index is 13.0. The highest BCUT2D eigenvalue weighted by molar-refractivity contribution is 6.35. The van der Waals surface area contributed by atoms with Crippen LogP contribution < -0.4 is 5.32 Å². The molecule has 1 aromatic carbocycles. The molecule has 1 saturated heterocycles. The normalized spacial score (nSPS) is 16.1. The standard InChI is InChI=1S/C21H22Cl2N6O2/c1-12-17(13(2)29-21(26-12)24-11-25-29)5-6-19(30)28-7-3-4-18(28)20(31)27-16-9-14(22)8-15(23)10-16/h8-11,18H,3-7H2,1-2H3,(H,27,31)/t18-/m1/s1. The minimum Gasteiger partial charge on any atom is -0.331 e. The van der Waals surface area contributed by atoms with Gasteiger partial charge in [-0.15, -0.1) is 0 Å². The Morgan fingerprint density at radius 3 is 2.68 bits per heavy atom. The van der Waals surface area contributed by atoms with Crippen LogP contribution in [0.25, 0.3) is 5.78 Å². The average molecular weight is 461 g/mol. The zero-order chi connectivity index (χ0) is 22.1. The first kappa shape index (κ1) is 21.5. The monoisotopic (exact) mass is 460 g/mol. The van der Waals surface area contributed by atoms with E-state index in [1.807, 2.05) is 13.8 Å². The van der Waals surface area contributed by atoms with Crippen LogP contribution in [0.3, 0.4) is 0 Å². The summed E-state index contributed by atoms with van der Waals surface area (Å²) in [5, 5.41) is 7.89. The van der Waals surface area contributed by atoms with Gasteiger partial charge in [-0.3, -0.25) is 9.59 Å². The topological polar surface area (TPSA) is 92.5 Å². The quantitative estimate of drug-likeness (QED) is 0.627. The van der Waals surface area contributed by atoms with Gasteiger partial charge in [-0.2, -0.15) is 10.1 Å². The van der Waals surface area contributed by atoms with E-state index in [1.165, 1.54) is 6.33 Å². The Hall–Kier alpha value is -2.71. The summed E-state index contributed by atoms with van der Waals surface area (Å²) < 4.78 is 1.68. The molecule has 1 fully saturated rings. The van der Waals surface area contributed by atoms with Gasteiger partial charge in [0, 0.05) is 40.1 Å². The van der Waals surface area contributed by atoms with Crippen LogP contribution >= 0.6 is 23.2 Å². The van der Waals surface area contributed by atoms with Gasteiger partial charge in [0.05, 0.1) is 0 Å². The summed E-state index contributed by atoms with van der Waals surface area (Å²) in [6.07, 6.45) is 3.68. The van der Waals surface area contributed by atoms with E-state index in [2.05, 4.69) is 20.4 Å². The number of hydrogen-bond acceptors (Lipinski definition) is 5. The number of nitrogens with zero attached hydrogens (tertiary/aromatic N) is 5. The Morgan fingerprint density at radius 1 is 1.19 bits per heavy atom. The van der Waals surface area contributed by atoms with E-state index in [0.717, 1.165) is 23.4 Å². The van der Waals surface area contributed by atoms with Crippen molar-refractivity contribution in [3.8, 4) is 0 Å². The highest BCUT2D eigenvalue weighted by Crippen LogP contribution is 2.25. The third kappa shape index (κ3) is 4.50. The minimum atomic E-state index is -0.511. The molecule has 4 rings (SSSR count). The van der Waals surface area contributed by atoms with Gasteiger partial charge in [-0.1, -0.05) is 23.2 Å². The number of nitrogens with one attached hydrogen (secondary N) is 1. The van der Waals surface area contributed by atoms with Crippen molar-refractivity contribution < 1.29 is 9.59 Å². The van der Waals surface area contributed by atoms with E-state index < -0.39 is 6.04 Å². The van der Waals surface area contributed by atoms with Crippen LogP contribution in [0.15, 0.2) is 24.5 Å². The third-order valence-corrected chi connectivity index (χ3v) is 6.02. The fraction of sp³-hybridized carbons (Fsp3) is 0.381. The largest absolute Gasteiger partial charge is 0.331 e. The van der Waals surface area contributed by atoms with Crippen LogP contribution in [0.2, 0.25) is 10.0 Å². The predicted molar refractivity (Wildman–Crippen MR) is 118 cm³/mol. The molecule has 0 saturated carbocycles. The van der Waals surface area contributed by atoms with E-state index in [9.17, 15) is 9.59 Å². The number of likely N-dealkylation sites (tertiary alicyclic amines) is 1. The van der Waals surface area contributed by atoms with Crippen LogP contribution in [-0.4, -0.2) is 48.9 Å². The molecule has 1 aliphatic heterocycles. The van der Waals surface area contributed by atoms with E-state index in [1.54, 1.807) is 27.6 Å². The summed E-state index contributed by atoms with van der Waals surface area (Å²) in [4.78, 5) is 36.0. The van der Waals surface area contributed by atoms with Crippen molar-refractivity contribution in [1.29, 1.82) is 0 Å². The molecule has 2 aromatic heterocycles. The molecule has 0 aliphatic carbocycles. The van der Waals surface area contributed by atoms with Crippen molar-refractivity contribution >= 4 is 46.5 Å². The number of aromatic nitrogens is 4. The van der Waals surface area contributed by atoms with Crippen molar-refractivity contribution in [2.45, 2.75) is 45.6 Å². The second-order valence-electron chi connectivity index (χ2n) is 7.63. The Balaban J connectivity index is 1.44. The van der Waals surface area contributed by atoms with Crippen LogP contribution in [0.4, 0.5) is 5.69 Å². The molecule has 8 nitrogen and oxygen atoms in total. The van der Waals surface area contributed by atoms with Crippen LogP contribution in [-0.2, 0) is 16.0 Å². The number of carbonyl (C=O) groups is 2. The smallest absolute Gasteiger partial charge is 0.252 e. The molecule has 1 N–H and O–H groups in total. The van der Waals surface area contributed by atoms with Gasteiger partial charge >= 0.3 is 0 Å². The van der Waals surface area contributed by atoms with E-state index in [-0.39, 0.29) is 18.2 Å². The molecule has 3 heterocycles. The molecular formula is C21H22Cl2N6O2. The highest BCUT2D eigenvalue weighted by atomic mass is 35.5. The summed E-state index contributed by atoms with van der Waals surface area (Å²) in [6, 6.07) is 4.35. The molecule has 0 radical (unpaired) electrons. The fourth-order valence-corrected chi connectivity index (χ4v) is 4.61. The van der Waals surface area contributed by atoms with Crippen LogP contribution in [0, 0.1) is 13.8 Å². The van der Waals surface area contributed by atoms with Gasteiger partial charge in [-0.05, 0) is 56.9 Å². The summed E-state index contributed by atoms with van der Waals surface area (Å²) >= 11 is 12.0. The van der Waals surface area contributed by atoms with E-state index >= 15 is 0 Å². The van der Waals surface area contributed by atoms with Crippen molar-refractivity contribution in [2.75, 3.05) is 11.9 Å². The zero-order valence-electron chi connectivity index (χ0n) is 17.2. The van der Waals surface area contributed by atoms with Gasteiger partial charge in [-0.25, -0.2) is 9.50 Å². The van der Waals surface area contributed by atoms with Gasteiger partial charge in [0.2, 0.25) is 11.8 Å². The lowest BCUT2D eigenvalue weighted by Gasteiger charge is -2.24. The molecule has 3 aromatic rings. The maximum Gasteiger partial charge on any atom is 0.252 e. The molecule has 31 heavy (non-hydrogen) atoms. The molecule has 1 aliphatic rings. The number of halogens is 2. The summed E-state index contributed by atoms with van der Waals surface area (Å²) in [7, 11) is 0. The van der Waals surface area contributed by atoms with Gasteiger partial charge in [0.25, 0.3) is 5.78 Å². The molecular weight excluding hydrogens is 439 g/mol. The SMILES string of the molecule is Cc1nc2ncnn2c(C)c1CCC(=O)N1CCC[C@@H]1C(=O)Nc1cc(Cl)cc(Cl)c1. The van der Waals surface area contributed by atoms with Gasteiger partial charge in [0.1, 0.15) is 12.4 Å². The Labute approximate surface area is 189 Å². The average Bonchev–Trinajstić information content (AvgIpc) is 3.36. The first-order valence-electron chi connectivity index (χ1n) is 10.1. The lowest BCUT2D eigenvalue weighted by atomic mass is 10.1. The Morgan fingerprint density at radius 2 is 1.94 bits per heavy atom.